The van der Waals surface area contributed by atoms with Crippen LogP contribution < -0.4 is 14.8 Å². The Bertz CT molecular complexity index is 622. The van der Waals surface area contributed by atoms with Gasteiger partial charge in [0.1, 0.15) is 6.26 Å². The molecule has 0 unspecified atom stereocenters. The minimum Gasteiger partial charge on any atom is -0.493 e. The molecule has 0 saturated carbocycles. The number of carbonyl (C=O) groups is 1. The number of hydrogen-bond donors (Lipinski definition) is 1. The smallest absolute Gasteiger partial charge is 0.251 e. The van der Waals surface area contributed by atoms with Gasteiger partial charge in [-0.1, -0.05) is 0 Å². The summed E-state index contributed by atoms with van der Waals surface area (Å²) in [5.41, 5.74) is 1.34. The van der Waals surface area contributed by atoms with Gasteiger partial charge >= 0.3 is 0 Å². The molecule has 0 fully saturated rings. The molecule has 2 aromatic rings. The molecule has 2 rings (SSSR count). The summed E-state index contributed by atoms with van der Waals surface area (Å²) >= 11 is 0. The van der Waals surface area contributed by atoms with Crippen LogP contribution in [-0.4, -0.2) is 31.7 Å². The van der Waals surface area contributed by atoms with Crippen LogP contribution in [0.2, 0.25) is 0 Å². The molecule has 21 heavy (non-hydrogen) atoms. The summed E-state index contributed by atoms with van der Waals surface area (Å²) in [6, 6.07) is 5.04. The number of aromatic nitrogens is 1. The Morgan fingerprint density at radius 2 is 2.05 bits per heavy atom. The molecular weight excluding hydrogens is 272 g/mol. The van der Waals surface area contributed by atoms with Crippen LogP contribution in [0.4, 0.5) is 0 Å². The number of methoxy groups -OCH3 is 2. The van der Waals surface area contributed by atoms with E-state index >= 15 is 0 Å². The van der Waals surface area contributed by atoms with E-state index in [0.717, 1.165) is 5.69 Å². The van der Waals surface area contributed by atoms with E-state index < -0.39 is 0 Å². The molecule has 0 spiro atoms. The molecule has 0 bridgehead atoms. The fourth-order valence-corrected chi connectivity index (χ4v) is 1.91. The maximum atomic E-state index is 12.1. The Labute approximate surface area is 123 Å². The van der Waals surface area contributed by atoms with E-state index in [0.29, 0.717) is 35.9 Å². The average molecular weight is 290 g/mol. The van der Waals surface area contributed by atoms with Gasteiger partial charge in [0.2, 0.25) is 0 Å². The average Bonchev–Trinajstić information content (AvgIpc) is 2.91. The lowest BCUT2D eigenvalue weighted by molar-refractivity contribution is 0.0953. The monoisotopic (exact) mass is 290 g/mol. The summed E-state index contributed by atoms with van der Waals surface area (Å²) in [5.74, 6) is 1.57. The predicted octanol–water partition coefficient (Wildman–Crippen LogP) is 1.97. The van der Waals surface area contributed by atoms with E-state index in [4.69, 9.17) is 13.9 Å². The molecule has 0 aliphatic rings. The third-order valence-corrected chi connectivity index (χ3v) is 2.98. The van der Waals surface area contributed by atoms with Crippen LogP contribution in [0.5, 0.6) is 11.5 Å². The predicted molar refractivity (Wildman–Crippen MR) is 76.8 cm³/mol. The number of benzene rings is 1. The zero-order valence-electron chi connectivity index (χ0n) is 12.3. The largest absolute Gasteiger partial charge is 0.493 e. The summed E-state index contributed by atoms with van der Waals surface area (Å²) in [7, 11) is 3.09. The second kappa shape index (κ2) is 6.78. The first kappa shape index (κ1) is 14.9. The van der Waals surface area contributed by atoms with Crippen molar-refractivity contribution in [3.8, 4) is 11.5 Å². The van der Waals surface area contributed by atoms with Gasteiger partial charge in [-0.2, -0.15) is 0 Å². The molecule has 6 nitrogen and oxygen atoms in total. The van der Waals surface area contributed by atoms with Crippen molar-refractivity contribution in [2.75, 3.05) is 20.8 Å². The van der Waals surface area contributed by atoms with Crippen molar-refractivity contribution < 1.29 is 18.7 Å². The molecule has 0 aliphatic carbocycles. The summed E-state index contributed by atoms with van der Waals surface area (Å²) in [6.45, 7) is 2.27. The normalized spacial score (nSPS) is 10.2. The zero-order chi connectivity index (χ0) is 15.2. The van der Waals surface area contributed by atoms with Crippen molar-refractivity contribution in [1.29, 1.82) is 0 Å². The number of aryl methyl sites for hydroxylation is 1. The molecular formula is C15H18N2O4. The van der Waals surface area contributed by atoms with Crippen LogP contribution in [0.1, 0.15) is 21.9 Å². The molecule has 1 aromatic heterocycles. The van der Waals surface area contributed by atoms with Crippen molar-refractivity contribution in [2.24, 2.45) is 0 Å². The van der Waals surface area contributed by atoms with Crippen molar-refractivity contribution in [3.63, 3.8) is 0 Å². The lowest BCUT2D eigenvalue weighted by Gasteiger charge is -2.09. The molecule has 0 saturated heterocycles. The molecule has 6 heteroatoms. The number of carbonyl (C=O) groups excluding carboxylic acids is 1. The highest BCUT2D eigenvalue weighted by Crippen LogP contribution is 2.27. The number of hydrogen-bond acceptors (Lipinski definition) is 5. The van der Waals surface area contributed by atoms with E-state index in [9.17, 15) is 4.79 Å². The van der Waals surface area contributed by atoms with Crippen LogP contribution >= 0.6 is 0 Å². The molecule has 1 amide bonds. The SMILES string of the molecule is COc1ccc(C(=O)NCCc2coc(C)n2)cc1OC. The second-order valence-electron chi connectivity index (χ2n) is 4.43. The molecule has 0 radical (unpaired) electrons. The quantitative estimate of drug-likeness (QED) is 0.880. The van der Waals surface area contributed by atoms with Crippen molar-refractivity contribution >= 4 is 5.91 Å². The number of ether oxygens (including phenoxy) is 2. The first-order valence-electron chi connectivity index (χ1n) is 6.55. The van der Waals surface area contributed by atoms with Gasteiger partial charge in [0.05, 0.1) is 19.9 Å². The first-order valence-corrected chi connectivity index (χ1v) is 6.55. The van der Waals surface area contributed by atoms with Gasteiger partial charge in [-0.3, -0.25) is 4.79 Å². The number of rotatable bonds is 6. The summed E-state index contributed by atoms with van der Waals surface area (Å²) in [4.78, 5) is 16.2. The lowest BCUT2D eigenvalue weighted by atomic mass is 10.2. The number of amides is 1. The van der Waals surface area contributed by atoms with Gasteiger partial charge in [-0.05, 0) is 18.2 Å². The van der Waals surface area contributed by atoms with E-state index in [1.54, 1.807) is 38.5 Å². The van der Waals surface area contributed by atoms with Crippen molar-refractivity contribution in [2.45, 2.75) is 13.3 Å². The lowest BCUT2D eigenvalue weighted by Crippen LogP contribution is -2.25. The first-order chi connectivity index (χ1) is 10.1. The molecule has 0 aliphatic heterocycles. The molecule has 112 valence electrons. The maximum Gasteiger partial charge on any atom is 0.251 e. The summed E-state index contributed by atoms with van der Waals surface area (Å²) < 4.78 is 15.4. The minimum atomic E-state index is -0.170. The number of nitrogens with zero attached hydrogens (tertiary/aromatic N) is 1. The van der Waals surface area contributed by atoms with Gasteiger partial charge < -0.3 is 19.2 Å². The summed E-state index contributed by atoms with van der Waals surface area (Å²) in [5, 5.41) is 2.83. The maximum absolute atomic E-state index is 12.1. The van der Waals surface area contributed by atoms with Crippen LogP contribution in [0, 0.1) is 6.92 Å². The van der Waals surface area contributed by atoms with E-state index in [2.05, 4.69) is 10.3 Å². The van der Waals surface area contributed by atoms with Gasteiger partial charge in [-0.15, -0.1) is 0 Å². The highest BCUT2D eigenvalue weighted by atomic mass is 16.5. The molecule has 1 N–H and O–H groups in total. The molecule has 0 atom stereocenters. The Morgan fingerprint density at radius 3 is 2.67 bits per heavy atom. The fraction of sp³-hybridized carbons (Fsp3) is 0.333. The zero-order valence-corrected chi connectivity index (χ0v) is 12.3. The van der Waals surface area contributed by atoms with Crippen molar-refractivity contribution in [1.82, 2.24) is 10.3 Å². The minimum absolute atomic E-state index is 0.170. The van der Waals surface area contributed by atoms with Crippen LogP contribution in [0.25, 0.3) is 0 Å². The Balaban J connectivity index is 1.93. The topological polar surface area (TPSA) is 73.6 Å². The Hall–Kier alpha value is -2.50. The number of nitrogens with one attached hydrogen (secondary N) is 1. The Morgan fingerprint density at radius 1 is 1.29 bits per heavy atom. The van der Waals surface area contributed by atoms with Gasteiger partial charge in [-0.25, -0.2) is 4.98 Å². The van der Waals surface area contributed by atoms with Crippen LogP contribution in [0.3, 0.4) is 0 Å². The molecule has 1 aromatic carbocycles. The summed E-state index contributed by atoms with van der Waals surface area (Å²) in [6.07, 6.45) is 2.22. The van der Waals surface area contributed by atoms with E-state index in [1.807, 2.05) is 0 Å². The third-order valence-electron chi connectivity index (χ3n) is 2.98. The van der Waals surface area contributed by atoms with E-state index in [1.165, 1.54) is 7.11 Å². The van der Waals surface area contributed by atoms with Gasteiger partial charge in [0.15, 0.2) is 17.4 Å². The third kappa shape index (κ3) is 3.75. The van der Waals surface area contributed by atoms with Crippen LogP contribution in [0.15, 0.2) is 28.9 Å². The Kier molecular flexibility index (Phi) is 4.81. The highest BCUT2D eigenvalue weighted by Gasteiger charge is 2.10. The standard InChI is InChI=1S/C15H18N2O4/c1-10-17-12(9-21-10)6-7-16-15(18)11-4-5-13(19-2)14(8-11)20-3/h4-5,8-9H,6-7H2,1-3H3,(H,16,18). The number of oxazole rings is 1. The van der Waals surface area contributed by atoms with Crippen molar-refractivity contribution in [3.05, 3.63) is 41.6 Å². The van der Waals surface area contributed by atoms with E-state index in [-0.39, 0.29) is 5.91 Å². The fourth-order valence-electron chi connectivity index (χ4n) is 1.91. The van der Waals surface area contributed by atoms with Gasteiger partial charge in [0.25, 0.3) is 5.91 Å². The highest BCUT2D eigenvalue weighted by molar-refractivity contribution is 5.94. The van der Waals surface area contributed by atoms with Gasteiger partial charge in [0, 0.05) is 25.5 Å². The van der Waals surface area contributed by atoms with Crippen LogP contribution in [-0.2, 0) is 6.42 Å². The second-order valence-corrected chi connectivity index (χ2v) is 4.43. The molecule has 1 heterocycles.